The number of amides is 1. The van der Waals surface area contributed by atoms with Crippen LogP contribution in [0.4, 0.5) is 0 Å². The minimum absolute atomic E-state index is 0.172. The predicted octanol–water partition coefficient (Wildman–Crippen LogP) is 2.49. The van der Waals surface area contributed by atoms with Gasteiger partial charge in [0.25, 0.3) is 5.91 Å². The molecule has 1 aliphatic rings. The van der Waals surface area contributed by atoms with E-state index in [1.807, 2.05) is 25.1 Å². The van der Waals surface area contributed by atoms with Crippen LogP contribution in [-0.2, 0) is 0 Å². The van der Waals surface area contributed by atoms with Crippen LogP contribution >= 0.6 is 0 Å². The molecule has 0 saturated carbocycles. The summed E-state index contributed by atoms with van der Waals surface area (Å²) in [6.45, 7) is 2.15. The zero-order chi connectivity index (χ0) is 17.2. The van der Waals surface area contributed by atoms with Gasteiger partial charge in [0.15, 0.2) is 11.5 Å². The average molecular weight is 336 g/mol. The molecule has 0 bridgehead atoms. The van der Waals surface area contributed by atoms with E-state index in [1.165, 1.54) is 0 Å². The third-order valence-electron chi connectivity index (χ3n) is 4.02. The number of ether oxygens (including phenoxy) is 2. The van der Waals surface area contributed by atoms with Crippen LogP contribution in [-0.4, -0.2) is 27.2 Å². The second kappa shape index (κ2) is 6.27. The number of rotatable bonds is 4. The van der Waals surface area contributed by atoms with Crippen molar-refractivity contribution in [1.29, 1.82) is 0 Å². The van der Waals surface area contributed by atoms with Crippen molar-refractivity contribution in [2.24, 2.45) is 0 Å². The van der Waals surface area contributed by atoms with Crippen molar-refractivity contribution < 1.29 is 14.3 Å². The summed E-state index contributed by atoms with van der Waals surface area (Å²) >= 11 is 0. The lowest BCUT2D eigenvalue weighted by Crippen LogP contribution is -2.26. The number of aromatic nitrogens is 3. The molecular formula is C18H16N4O3. The van der Waals surface area contributed by atoms with Gasteiger partial charge in [-0.15, -0.1) is 0 Å². The Kier molecular flexibility index (Phi) is 3.81. The van der Waals surface area contributed by atoms with Crippen LogP contribution in [0.5, 0.6) is 11.5 Å². The van der Waals surface area contributed by atoms with Crippen LogP contribution < -0.4 is 14.8 Å². The Morgan fingerprint density at radius 1 is 1.20 bits per heavy atom. The number of nitrogens with zero attached hydrogens (tertiary/aromatic N) is 3. The maximum absolute atomic E-state index is 12.6. The molecular weight excluding hydrogens is 320 g/mol. The molecule has 0 aliphatic carbocycles. The summed E-state index contributed by atoms with van der Waals surface area (Å²) in [7, 11) is 0. The van der Waals surface area contributed by atoms with Crippen LogP contribution in [0.3, 0.4) is 0 Å². The Morgan fingerprint density at radius 2 is 2.08 bits per heavy atom. The smallest absolute Gasteiger partial charge is 0.251 e. The van der Waals surface area contributed by atoms with E-state index < -0.39 is 0 Å². The first kappa shape index (κ1) is 15.2. The molecule has 1 atom stereocenters. The third-order valence-corrected chi connectivity index (χ3v) is 4.02. The topological polar surface area (TPSA) is 78.3 Å². The highest BCUT2D eigenvalue weighted by Gasteiger charge is 2.17. The van der Waals surface area contributed by atoms with Crippen LogP contribution in [0.1, 0.15) is 28.9 Å². The third kappa shape index (κ3) is 3.03. The van der Waals surface area contributed by atoms with Gasteiger partial charge in [-0.25, -0.2) is 9.97 Å². The van der Waals surface area contributed by atoms with Crippen molar-refractivity contribution in [2.45, 2.75) is 13.0 Å². The predicted molar refractivity (Wildman–Crippen MR) is 89.8 cm³/mol. The Morgan fingerprint density at radius 3 is 2.92 bits per heavy atom. The molecule has 3 heterocycles. The van der Waals surface area contributed by atoms with Gasteiger partial charge in [-0.2, -0.15) is 0 Å². The van der Waals surface area contributed by atoms with Crippen LogP contribution in [0.15, 0.2) is 55.2 Å². The Bertz CT molecular complexity index is 908. The number of benzene rings is 1. The Hall–Kier alpha value is -3.35. The molecule has 1 aliphatic heterocycles. The summed E-state index contributed by atoms with van der Waals surface area (Å²) in [5.41, 5.74) is 1.48. The van der Waals surface area contributed by atoms with E-state index in [4.69, 9.17) is 9.47 Å². The molecule has 25 heavy (non-hydrogen) atoms. The molecule has 2 aromatic heterocycles. The van der Waals surface area contributed by atoms with Gasteiger partial charge < -0.3 is 14.8 Å². The van der Waals surface area contributed by atoms with Crippen molar-refractivity contribution in [1.82, 2.24) is 19.9 Å². The van der Waals surface area contributed by atoms with Gasteiger partial charge in [0, 0.05) is 24.2 Å². The lowest BCUT2D eigenvalue weighted by molar-refractivity contribution is 0.0939. The van der Waals surface area contributed by atoms with E-state index in [-0.39, 0.29) is 18.7 Å². The van der Waals surface area contributed by atoms with Crippen LogP contribution in [0.25, 0.3) is 5.82 Å². The quantitative estimate of drug-likeness (QED) is 0.792. The van der Waals surface area contributed by atoms with Crippen molar-refractivity contribution in [2.75, 3.05) is 6.79 Å². The van der Waals surface area contributed by atoms with Gasteiger partial charge >= 0.3 is 0 Å². The summed E-state index contributed by atoms with van der Waals surface area (Å²) in [5, 5.41) is 2.99. The first-order valence-electron chi connectivity index (χ1n) is 7.85. The zero-order valence-electron chi connectivity index (χ0n) is 13.5. The van der Waals surface area contributed by atoms with E-state index in [0.717, 1.165) is 11.3 Å². The number of imidazole rings is 1. The molecule has 0 saturated heterocycles. The molecule has 3 aromatic rings. The fourth-order valence-corrected chi connectivity index (χ4v) is 2.64. The first-order chi connectivity index (χ1) is 12.2. The molecule has 0 fully saturated rings. The van der Waals surface area contributed by atoms with Gasteiger partial charge in [-0.05, 0) is 36.8 Å². The summed E-state index contributed by atoms with van der Waals surface area (Å²) < 4.78 is 12.4. The number of pyridine rings is 1. The Labute approximate surface area is 144 Å². The largest absolute Gasteiger partial charge is 0.454 e. The minimum Gasteiger partial charge on any atom is -0.454 e. The Balaban J connectivity index is 1.51. The number of hydrogen-bond donors (Lipinski definition) is 1. The second-order valence-corrected chi connectivity index (χ2v) is 5.68. The SMILES string of the molecule is C[C@H](NC(=O)c1ccnc(-n2ccnc2)c1)c1ccc2c(c1)OCO2. The zero-order valence-corrected chi connectivity index (χ0v) is 13.5. The fourth-order valence-electron chi connectivity index (χ4n) is 2.64. The van der Waals surface area contributed by atoms with Gasteiger partial charge in [-0.1, -0.05) is 6.07 Å². The van der Waals surface area contributed by atoms with E-state index in [1.54, 1.807) is 41.6 Å². The van der Waals surface area contributed by atoms with E-state index in [2.05, 4.69) is 15.3 Å². The lowest BCUT2D eigenvalue weighted by Gasteiger charge is -2.15. The van der Waals surface area contributed by atoms with Crippen molar-refractivity contribution in [3.05, 3.63) is 66.4 Å². The minimum atomic E-state index is -0.174. The molecule has 1 amide bonds. The highest BCUT2D eigenvalue weighted by molar-refractivity contribution is 5.94. The highest BCUT2D eigenvalue weighted by atomic mass is 16.7. The number of carbonyl (C=O) groups excluding carboxylic acids is 1. The molecule has 7 nitrogen and oxygen atoms in total. The maximum atomic E-state index is 12.6. The van der Waals surface area contributed by atoms with Gasteiger partial charge in [0.05, 0.1) is 6.04 Å². The molecule has 1 aromatic carbocycles. The fraction of sp³-hybridized carbons (Fsp3) is 0.167. The summed E-state index contributed by atoms with van der Waals surface area (Å²) in [6.07, 6.45) is 6.68. The number of nitrogens with one attached hydrogen (secondary N) is 1. The van der Waals surface area contributed by atoms with E-state index in [0.29, 0.717) is 17.1 Å². The molecule has 7 heteroatoms. The number of fused-ring (bicyclic) bond motifs is 1. The molecule has 0 radical (unpaired) electrons. The number of carbonyl (C=O) groups is 1. The monoisotopic (exact) mass is 336 g/mol. The highest BCUT2D eigenvalue weighted by Crippen LogP contribution is 2.34. The first-order valence-corrected chi connectivity index (χ1v) is 7.85. The van der Waals surface area contributed by atoms with E-state index >= 15 is 0 Å². The van der Waals surface area contributed by atoms with Crippen LogP contribution in [0, 0.1) is 0 Å². The molecule has 4 rings (SSSR count). The summed E-state index contributed by atoms with van der Waals surface area (Å²) in [6, 6.07) is 8.89. The molecule has 1 N–H and O–H groups in total. The molecule has 0 spiro atoms. The van der Waals surface area contributed by atoms with Crippen molar-refractivity contribution >= 4 is 5.91 Å². The standard InChI is InChI=1S/C18H16N4O3/c1-12(13-2-3-15-16(8-13)25-11-24-15)21-18(23)14-4-5-20-17(9-14)22-7-6-19-10-22/h2-10,12H,11H2,1H3,(H,21,23)/t12-/m0/s1. The van der Waals surface area contributed by atoms with Crippen LogP contribution in [0.2, 0.25) is 0 Å². The maximum Gasteiger partial charge on any atom is 0.251 e. The van der Waals surface area contributed by atoms with Gasteiger partial charge in [-0.3, -0.25) is 9.36 Å². The summed E-state index contributed by atoms with van der Waals surface area (Å²) in [4.78, 5) is 20.8. The average Bonchev–Trinajstić information content (AvgIpc) is 3.32. The molecule has 0 unspecified atom stereocenters. The van der Waals surface area contributed by atoms with Crippen molar-refractivity contribution in [3.8, 4) is 17.3 Å². The normalized spacial score (nSPS) is 13.5. The second-order valence-electron chi connectivity index (χ2n) is 5.68. The van der Waals surface area contributed by atoms with E-state index in [9.17, 15) is 4.79 Å². The van der Waals surface area contributed by atoms with Crippen molar-refractivity contribution in [3.63, 3.8) is 0 Å². The van der Waals surface area contributed by atoms with Gasteiger partial charge in [0.1, 0.15) is 12.1 Å². The van der Waals surface area contributed by atoms with Gasteiger partial charge in [0.2, 0.25) is 6.79 Å². The lowest BCUT2D eigenvalue weighted by atomic mass is 10.1. The number of hydrogen-bond acceptors (Lipinski definition) is 5. The molecule has 126 valence electrons. The summed E-state index contributed by atoms with van der Waals surface area (Å²) in [5.74, 6) is 1.89.